The fourth-order valence-electron chi connectivity index (χ4n) is 5.17. The summed E-state index contributed by atoms with van der Waals surface area (Å²) in [7, 11) is 3.73. The fraction of sp³-hybridized carbons (Fsp3) is 0.542. The maximum atomic E-state index is 12.9. The minimum Gasteiger partial charge on any atom is -0.341 e. The zero-order valence-corrected chi connectivity index (χ0v) is 20.9. The van der Waals surface area contributed by atoms with E-state index >= 15 is 0 Å². The Kier molecular flexibility index (Phi) is 6.86. The lowest BCUT2D eigenvalue weighted by Gasteiger charge is -2.33. The van der Waals surface area contributed by atoms with E-state index < -0.39 is 11.1 Å². The number of pyridine rings is 1. The molecule has 0 radical (unpaired) electrons. The van der Waals surface area contributed by atoms with E-state index in [1.807, 2.05) is 12.4 Å². The summed E-state index contributed by atoms with van der Waals surface area (Å²) in [6.45, 7) is 4.38. The monoisotopic (exact) mass is 498 g/mol. The lowest BCUT2D eigenvalue weighted by Crippen LogP contribution is -2.45. The lowest BCUT2D eigenvalue weighted by molar-refractivity contribution is 0.226. The van der Waals surface area contributed by atoms with E-state index in [4.69, 9.17) is 11.6 Å². The van der Waals surface area contributed by atoms with Gasteiger partial charge in [-0.3, -0.25) is 14.2 Å². The van der Waals surface area contributed by atoms with Crippen LogP contribution in [0.25, 0.3) is 11.2 Å². The van der Waals surface area contributed by atoms with Gasteiger partial charge in [0.2, 0.25) is 5.95 Å². The van der Waals surface area contributed by atoms with E-state index in [1.54, 1.807) is 17.7 Å². The second-order valence-corrected chi connectivity index (χ2v) is 10.1. The van der Waals surface area contributed by atoms with Crippen LogP contribution in [0.15, 0.2) is 34.2 Å². The van der Waals surface area contributed by atoms with Crippen molar-refractivity contribution in [2.45, 2.75) is 44.3 Å². The normalized spacial score (nSPS) is 20.0. The number of fused-ring (bicyclic) bond motifs is 1. The lowest BCUT2D eigenvalue weighted by atomic mass is 10.0. The summed E-state index contributed by atoms with van der Waals surface area (Å²) < 4.78 is 2.86. The van der Waals surface area contributed by atoms with Gasteiger partial charge in [0.15, 0.2) is 5.65 Å². The molecule has 1 N–H and O–H groups in total. The molecule has 2 saturated heterocycles. The Morgan fingerprint density at radius 1 is 1.00 bits per heavy atom. The van der Waals surface area contributed by atoms with Crippen molar-refractivity contribution in [2.24, 2.45) is 7.05 Å². The average molecular weight is 499 g/mol. The van der Waals surface area contributed by atoms with Crippen LogP contribution in [-0.4, -0.2) is 68.3 Å². The van der Waals surface area contributed by atoms with Crippen molar-refractivity contribution in [1.82, 2.24) is 34.3 Å². The number of anilines is 1. The molecule has 0 amide bonds. The summed E-state index contributed by atoms with van der Waals surface area (Å²) in [6, 6.07) is 2.06. The van der Waals surface area contributed by atoms with E-state index in [2.05, 4.69) is 37.1 Å². The van der Waals surface area contributed by atoms with Crippen LogP contribution in [0, 0.1) is 0 Å². The van der Waals surface area contributed by atoms with Crippen molar-refractivity contribution in [3.05, 3.63) is 56.0 Å². The molecular formula is C24H31ClN8O2. The van der Waals surface area contributed by atoms with Gasteiger partial charge in [-0.15, -0.1) is 0 Å². The van der Waals surface area contributed by atoms with Gasteiger partial charge in [0.05, 0.1) is 10.5 Å². The van der Waals surface area contributed by atoms with Crippen molar-refractivity contribution in [2.75, 3.05) is 38.1 Å². The number of hydrogen-bond donors (Lipinski definition) is 1. The van der Waals surface area contributed by atoms with Crippen molar-refractivity contribution >= 4 is 28.7 Å². The molecule has 3 aromatic heterocycles. The van der Waals surface area contributed by atoms with Crippen LogP contribution in [0.1, 0.15) is 37.3 Å². The summed E-state index contributed by atoms with van der Waals surface area (Å²) >= 11 is 6.09. The van der Waals surface area contributed by atoms with Crippen LogP contribution in [0.2, 0.25) is 5.02 Å². The standard InChI is InChI=1S/C24H31ClN8O2/c1-30-7-3-4-18(15-30)26-11-16-12-28-24(29-13-16)32-8-5-19(6-9-32)33-21-20(10-17(25)14-27-21)31(2)22(34)23(33)35/h10,12-14,18-19,26H,3-9,11,15H2,1-2H3. The number of likely N-dealkylation sites (N-methyl/N-ethyl adjacent to an activating group) is 1. The number of hydrogen-bond acceptors (Lipinski definition) is 8. The van der Waals surface area contributed by atoms with E-state index in [1.165, 1.54) is 30.2 Å². The molecule has 35 heavy (non-hydrogen) atoms. The highest BCUT2D eigenvalue weighted by Gasteiger charge is 2.26. The minimum atomic E-state index is -0.573. The molecule has 10 nitrogen and oxygen atoms in total. The van der Waals surface area contributed by atoms with Crippen molar-refractivity contribution in [1.29, 1.82) is 0 Å². The van der Waals surface area contributed by atoms with Gasteiger partial charge in [0.1, 0.15) is 0 Å². The Bertz CT molecular complexity index is 1310. The molecule has 186 valence electrons. The van der Waals surface area contributed by atoms with Crippen LogP contribution in [0.4, 0.5) is 5.95 Å². The number of nitrogens with zero attached hydrogens (tertiary/aromatic N) is 7. The molecule has 1 unspecified atom stereocenters. The van der Waals surface area contributed by atoms with Gasteiger partial charge in [-0.1, -0.05) is 11.6 Å². The first kappa shape index (κ1) is 23.9. The van der Waals surface area contributed by atoms with Crippen molar-refractivity contribution < 1.29 is 0 Å². The summed E-state index contributed by atoms with van der Waals surface area (Å²) in [5.41, 5.74) is 0.982. The Hall–Kier alpha value is -2.82. The molecule has 11 heteroatoms. The van der Waals surface area contributed by atoms with Crippen LogP contribution < -0.4 is 21.3 Å². The molecule has 1 atom stereocenters. The Morgan fingerprint density at radius 3 is 2.46 bits per heavy atom. The first-order chi connectivity index (χ1) is 16.9. The van der Waals surface area contributed by atoms with Crippen LogP contribution in [0.3, 0.4) is 0 Å². The summed E-state index contributed by atoms with van der Waals surface area (Å²) in [5.74, 6) is 0.690. The zero-order valence-electron chi connectivity index (χ0n) is 20.2. The van der Waals surface area contributed by atoms with E-state index in [0.29, 0.717) is 54.1 Å². The average Bonchev–Trinajstić information content (AvgIpc) is 2.87. The first-order valence-electron chi connectivity index (χ1n) is 12.2. The third kappa shape index (κ3) is 4.96. The van der Waals surface area contributed by atoms with Crippen molar-refractivity contribution in [3.63, 3.8) is 0 Å². The van der Waals surface area contributed by atoms with Gasteiger partial charge < -0.3 is 19.7 Å². The summed E-state index contributed by atoms with van der Waals surface area (Å²) in [6.07, 6.45) is 9.09. The van der Waals surface area contributed by atoms with Gasteiger partial charge in [-0.2, -0.15) is 0 Å². The number of piperidine rings is 2. The number of nitrogens with one attached hydrogen (secondary N) is 1. The highest BCUT2D eigenvalue weighted by Crippen LogP contribution is 2.26. The van der Waals surface area contributed by atoms with Gasteiger partial charge in [-0.25, -0.2) is 15.0 Å². The van der Waals surface area contributed by atoms with Gasteiger partial charge >= 0.3 is 11.1 Å². The van der Waals surface area contributed by atoms with E-state index in [0.717, 1.165) is 18.7 Å². The highest BCUT2D eigenvalue weighted by atomic mass is 35.5. The number of aromatic nitrogens is 5. The quantitative estimate of drug-likeness (QED) is 0.529. The van der Waals surface area contributed by atoms with E-state index in [9.17, 15) is 9.59 Å². The molecule has 5 rings (SSSR count). The number of aryl methyl sites for hydroxylation is 1. The highest BCUT2D eigenvalue weighted by molar-refractivity contribution is 6.31. The van der Waals surface area contributed by atoms with Gasteiger partial charge in [0.25, 0.3) is 0 Å². The van der Waals surface area contributed by atoms with Crippen LogP contribution in [0.5, 0.6) is 0 Å². The molecule has 2 aliphatic heterocycles. The molecule has 0 saturated carbocycles. The second-order valence-electron chi connectivity index (χ2n) is 9.63. The topological polar surface area (TPSA) is 101 Å². The molecule has 2 aliphatic rings. The predicted octanol–water partition coefficient (Wildman–Crippen LogP) is 1.56. The molecule has 2 fully saturated rings. The Balaban J connectivity index is 1.25. The summed E-state index contributed by atoms with van der Waals surface area (Å²) in [5, 5.41) is 4.04. The molecule has 3 aromatic rings. The minimum absolute atomic E-state index is 0.124. The third-order valence-corrected chi connectivity index (χ3v) is 7.34. The van der Waals surface area contributed by atoms with Gasteiger partial charge in [-0.05, 0) is 45.3 Å². The molecule has 0 bridgehead atoms. The smallest absolute Gasteiger partial charge is 0.318 e. The Morgan fingerprint density at radius 2 is 1.74 bits per heavy atom. The zero-order chi connectivity index (χ0) is 24.5. The third-order valence-electron chi connectivity index (χ3n) is 7.13. The number of halogens is 1. The largest absolute Gasteiger partial charge is 0.341 e. The molecule has 0 spiro atoms. The van der Waals surface area contributed by atoms with Gasteiger partial charge in [0, 0.05) is 69.5 Å². The first-order valence-corrected chi connectivity index (χ1v) is 12.5. The maximum Gasteiger partial charge on any atom is 0.318 e. The molecular weight excluding hydrogens is 468 g/mol. The number of rotatable bonds is 5. The van der Waals surface area contributed by atoms with Crippen molar-refractivity contribution in [3.8, 4) is 0 Å². The fourth-order valence-corrected chi connectivity index (χ4v) is 5.32. The molecule has 0 aromatic carbocycles. The maximum absolute atomic E-state index is 12.9. The molecule has 0 aliphatic carbocycles. The number of likely N-dealkylation sites (tertiary alicyclic amines) is 1. The summed E-state index contributed by atoms with van der Waals surface area (Å²) in [4.78, 5) is 43.5. The van der Waals surface area contributed by atoms with Crippen LogP contribution in [-0.2, 0) is 13.6 Å². The van der Waals surface area contributed by atoms with E-state index in [-0.39, 0.29) is 6.04 Å². The SMILES string of the molecule is CN1CCCC(NCc2cnc(N3CCC(n4c(=O)c(=O)n(C)c5cc(Cl)cnc54)CC3)nc2)C1. The predicted molar refractivity (Wildman–Crippen MR) is 136 cm³/mol. The van der Waals surface area contributed by atoms with Crippen LogP contribution >= 0.6 is 11.6 Å². The Labute approximate surface area is 208 Å². The second kappa shape index (κ2) is 10.0. The molecule has 5 heterocycles.